The minimum atomic E-state index is -4.74. The van der Waals surface area contributed by atoms with Crippen molar-refractivity contribution in [2.75, 3.05) is 0 Å². The third kappa shape index (κ3) is 13.2. The summed E-state index contributed by atoms with van der Waals surface area (Å²) in [4.78, 5) is 46.3. The molecule has 0 radical (unpaired) electrons. The van der Waals surface area contributed by atoms with Gasteiger partial charge in [0.1, 0.15) is 11.5 Å². The smallest absolute Gasteiger partial charge is 0.810 e. The molecule has 2 atom stereocenters. The molecule has 8 nitrogen and oxygen atoms in total. The summed E-state index contributed by atoms with van der Waals surface area (Å²) < 4.78 is 23.2. The first-order valence-electron chi connectivity index (χ1n) is 15.2. The third-order valence-corrected chi connectivity index (χ3v) is 10.7. The van der Waals surface area contributed by atoms with Crippen LogP contribution in [0.3, 0.4) is 0 Å². The van der Waals surface area contributed by atoms with Gasteiger partial charge in [0, 0.05) is 11.3 Å². The van der Waals surface area contributed by atoms with Gasteiger partial charge < -0.3 is 38.9 Å². The van der Waals surface area contributed by atoms with Crippen LogP contribution in [0.5, 0.6) is 11.5 Å². The van der Waals surface area contributed by atoms with Crippen molar-refractivity contribution in [3.05, 3.63) is 57.6 Å². The first kappa shape index (κ1) is 49.0. The van der Waals surface area contributed by atoms with Crippen LogP contribution in [0.15, 0.2) is 24.3 Å². The second-order valence-corrected chi connectivity index (χ2v) is 19.3. The molecule has 0 amide bonds. The van der Waals surface area contributed by atoms with E-state index in [1.54, 1.807) is 38.1 Å². The van der Waals surface area contributed by atoms with Crippen LogP contribution in [0.25, 0.3) is 0 Å². The molecule has 0 aliphatic rings. The summed E-state index contributed by atoms with van der Waals surface area (Å²) in [6.45, 7) is 26.8. The van der Waals surface area contributed by atoms with Crippen LogP contribution >= 0.6 is 15.2 Å². The topological polar surface area (TPSA) is 167 Å². The first-order chi connectivity index (χ1) is 19.4. The van der Waals surface area contributed by atoms with E-state index in [-0.39, 0.29) is 121 Å². The fourth-order valence-electron chi connectivity index (χ4n) is 5.27. The van der Waals surface area contributed by atoms with Crippen LogP contribution in [0.1, 0.15) is 154 Å². The summed E-state index contributed by atoms with van der Waals surface area (Å²) in [7, 11) is -9.48. The number of rotatable bonds is 6. The largest absolute Gasteiger partial charge is 2.00 e. The van der Waals surface area contributed by atoms with E-state index in [4.69, 9.17) is 0 Å². The molecule has 2 N–H and O–H groups in total. The number of phenols is 2. The molecular formula is C34H54Ca2O8P2. The summed E-state index contributed by atoms with van der Waals surface area (Å²) in [5, 5.41) is 21.2. The Balaban J connectivity index is 0. The van der Waals surface area contributed by atoms with Gasteiger partial charge in [-0.1, -0.05) is 136 Å². The van der Waals surface area contributed by atoms with Gasteiger partial charge in [0.05, 0.1) is 0 Å². The predicted octanol–water partition coefficient (Wildman–Crippen LogP) is 5.94. The first-order valence-corrected chi connectivity index (χ1v) is 18.4. The van der Waals surface area contributed by atoms with Gasteiger partial charge in [0.15, 0.2) is 0 Å². The zero-order chi connectivity index (χ0) is 35.0. The minimum Gasteiger partial charge on any atom is -0.810 e. The minimum absolute atomic E-state index is 0. The molecule has 0 spiro atoms. The van der Waals surface area contributed by atoms with Gasteiger partial charge in [-0.25, -0.2) is 0 Å². The van der Waals surface area contributed by atoms with Crippen molar-refractivity contribution in [3.8, 4) is 11.5 Å². The van der Waals surface area contributed by atoms with E-state index in [1.807, 2.05) is 83.1 Å². The molecule has 2 aromatic carbocycles. The van der Waals surface area contributed by atoms with E-state index >= 15 is 0 Å². The number of hydrogen-bond donors (Lipinski definition) is 2. The van der Waals surface area contributed by atoms with Crippen molar-refractivity contribution < 1.29 is 38.9 Å². The van der Waals surface area contributed by atoms with E-state index in [0.717, 1.165) is 0 Å². The van der Waals surface area contributed by atoms with Crippen molar-refractivity contribution in [1.82, 2.24) is 0 Å². The van der Waals surface area contributed by atoms with Crippen LogP contribution in [0.2, 0.25) is 0 Å². The molecular weight excluding hydrogens is 678 g/mol. The number of phenolic OH excluding ortho intramolecular Hbond substituents is 2. The molecule has 2 rings (SSSR count). The Morgan fingerprint density at radius 1 is 0.522 bits per heavy atom. The van der Waals surface area contributed by atoms with Crippen LogP contribution in [-0.4, -0.2) is 85.7 Å². The quantitative estimate of drug-likeness (QED) is 0.272. The van der Waals surface area contributed by atoms with Gasteiger partial charge in [0.2, 0.25) is 0 Å². The third-order valence-electron chi connectivity index (χ3n) is 7.80. The van der Waals surface area contributed by atoms with Gasteiger partial charge in [0.25, 0.3) is 0 Å². The van der Waals surface area contributed by atoms with Gasteiger partial charge in [-0.15, -0.1) is 0 Å². The van der Waals surface area contributed by atoms with Crippen molar-refractivity contribution >= 4 is 90.7 Å². The van der Waals surface area contributed by atoms with Crippen LogP contribution < -0.4 is 19.6 Å². The van der Waals surface area contributed by atoms with Crippen LogP contribution in [-0.2, 0) is 30.8 Å². The maximum atomic E-state index is 11.6. The Hall–Kier alpha value is 0.859. The molecule has 2 aromatic rings. The molecule has 0 aliphatic heterocycles. The maximum Gasteiger partial charge on any atom is 2.00 e. The van der Waals surface area contributed by atoms with E-state index in [2.05, 4.69) is 0 Å². The van der Waals surface area contributed by atoms with Gasteiger partial charge >= 0.3 is 75.5 Å². The fraction of sp³-hybridized carbons (Fsp3) is 0.647. The van der Waals surface area contributed by atoms with Crippen LogP contribution in [0.4, 0.5) is 0 Å². The van der Waals surface area contributed by atoms with Crippen molar-refractivity contribution in [2.24, 2.45) is 0 Å². The SMILES string of the molecule is CCC(c1cc(C(C)(C)C)c(O)c(C(C)(C)C)c1)P(=O)([O-])[O-].CCC(c1cc(C(C)(C)C)c(O)c(C(C)(C)C)c1)P(=O)([O-])[O-].[Ca+2].[Ca+2]. The second kappa shape index (κ2) is 17.4. The van der Waals surface area contributed by atoms with Crippen molar-refractivity contribution in [3.63, 3.8) is 0 Å². The average Bonchev–Trinajstić information content (AvgIpc) is 2.77. The van der Waals surface area contributed by atoms with E-state index < -0.39 is 26.5 Å². The molecule has 46 heavy (non-hydrogen) atoms. The molecule has 0 saturated carbocycles. The standard InChI is InChI=1S/2C17H29O4P.2Ca/c2*1-8-14(22(19,20)21)11-9-12(16(2,3)4)15(18)13(10-11)17(5,6)7;;/h2*9-10,14,18H,8H2,1-7H3,(H2,19,20,21);;/q;;2*+2/p-4. The summed E-state index contributed by atoms with van der Waals surface area (Å²) in [5.74, 6) is 0.371. The molecule has 252 valence electrons. The fourth-order valence-corrected chi connectivity index (χ4v) is 7.19. The Bertz CT molecular complexity index is 1220. The number of benzene rings is 2. The van der Waals surface area contributed by atoms with Crippen molar-refractivity contribution in [2.45, 2.75) is 143 Å². The zero-order valence-corrected chi connectivity index (χ0v) is 36.7. The summed E-state index contributed by atoms with van der Waals surface area (Å²) in [5.41, 5.74) is 0.0924. The normalized spacial score (nSPS) is 14.3. The molecule has 0 heterocycles. The molecule has 0 aromatic heterocycles. The Morgan fingerprint density at radius 2 is 0.696 bits per heavy atom. The van der Waals surface area contributed by atoms with E-state index in [1.165, 1.54) is 0 Å². The Morgan fingerprint density at radius 3 is 0.804 bits per heavy atom. The van der Waals surface area contributed by atoms with E-state index in [0.29, 0.717) is 33.4 Å². The number of aromatic hydroxyl groups is 2. The van der Waals surface area contributed by atoms with Crippen LogP contribution in [0, 0.1) is 0 Å². The molecule has 12 heteroatoms. The molecule has 0 fully saturated rings. The molecule has 2 unspecified atom stereocenters. The number of hydrogen-bond acceptors (Lipinski definition) is 8. The molecule has 0 aliphatic carbocycles. The summed E-state index contributed by atoms with van der Waals surface area (Å²) >= 11 is 0. The monoisotopic (exact) mass is 732 g/mol. The van der Waals surface area contributed by atoms with Crippen molar-refractivity contribution in [1.29, 1.82) is 0 Å². The average molecular weight is 733 g/mol. The molecule has 0 bridgehead atoms. The van der Waals surface area contributed by atoms with E-state index in [9.17, 15) is 38.9 Å². The Labute approximate surface area is 337 Å². The van der Waals surface area contributed by atoms with Gasteiger partial charge in [-0.05, 0) is 67.9 Å². The van der Waals surface area contributed by atoms with Gasteiger partial charge in [-0.2, -0.15) is 0 Å². The van der Waals surface area contributed by atoms with Gasteiger partial charge in [-0.3, -0.25) is 0 Å². The maximum absolute atomic E-state index is 11.6. The molecule has 0 saturated heterocycles. The zero-order valence-electron chi connectivity index (χ0n) is 30.5. The predicted molar refractivity (Wildman–Crippen MR) is 184 cm³/mol. The Kier molecular flexibility index (Phi) is 18.5. The second-order valence-electron chi connectivity index (χ2n) is 15.9. The summed E-state index contributed by atoms with van der Waals surface area (Å²) in [6.07, 6.45) is 0.449. The summed E-state index contributed by atoms with van der Waals surface area (Å²) in [6, 6.07) is 6.67.